The molecule has 0 unspecified atom stereocenters. The lowest BCUT2D eigenvalue weighted by molar-refractivity contribution is 0.321. The van der Waals surface area contributed by atoms with E-state index in [-0.39, 0.29) is 37.8 Å². The summed E-state index contributed by atoms with van der Waals surface area (Å²) in [6.45, 7) is 3.53. The van der Waals surface area contributed by atoms with Gasteiger partial charge in [0.1, 0.15) is 16.6 Å². The molecule has 0 fully saturated rings. The Labute approximate surface area is 310 Å². The Hall–Kier alpha value is -3.87. The van der Waals surface area contributed by atoms with Crippen LogP contribution in [0.3, 0.4) is 0 Å². The third-order valence-corrected chi connectivity index (χ3v) is 8.48. The fourth-order valence-electron chi connectivity index (χ4n) is 4.37. The fraction of sp³-hybridized carbons (Fsp3) is 0.121. The molecule has 0 spiro atoms. The molecule has 0 bridgehead atoms. The van der Waals surface area contributed by atoms with Crippen molar-refractivity contribution in [2.24, 2.45) is 10.1 Å². The van der Waals surface area contributed by atoms with Crippen LogP contribution in [0.15, 0.2) is 64.7 Å². The number of aromatic nitrogens is 3. The minimum Gasteiger partial charge on any atom is -0.504 e. The highest BCUT2D eigenvalue weighted by Crippen LogP contribution is 2.38. The molecule has 0 saturated heterocycles. The molecule has 3 aromatic carbocycles. The first-order chi connectivity index (χ1) is 23.4. The van der Waals surface area contributed by atoms with Crippen LogP contribution in [0.1, 0.15) is 24.0 Å². The zero-order valence-electron chi connectivity index (χ0n) is 25.6. The molecule has 6 rings (SSSR count). The van der Waals surface area contributed by atoms with E-state index in [2.05, 4.69) is 30.4 Å². The fourth-order valence-corrected chi connectivity index (χ4v) is 5.91. The zero-order valence-corrected chi connectivity index (χ0v) is 30.1. The van der Waals surface area contributed by atoms with E-state index in [9.17, 15) is 15.3 Å². The molecule has 0 aliphatic rings. The quantitative estimate of drug-likeness (QED) is 0.0658. The van der Waals surface area contributed by atoms with Crippen LogP contribution >= 0.6 is 69.6 Å². The normalized spacial score (nSPS) is 11.3. The highest BCUT2D eigenvalue weighted by Gasteiger charge is 2.13. The maximum absolute atomic E-state index is 9.86. The lowest BCUT2D eigenvalue weighted by atomic mass is 10.2. The van der Waals surface area contributed by atoms with Crippen molar-refractivity contribution in [1.82, 2.24) is 20.3 Å². The number of pyridine rings is 3. The second kappa shape index (κ2) is 17.2. The van der Waals surface area contributed by atoms with Gasteiger partial charge in [0.05, 0.1) is 53.4 Å². The predicted molar refractivity (Wildman–Crippen MR) is 201 cm³/mol. The van der Waals surface area contributed by atoms with Gasteiger partial charge in [0.15, 0.2) is 17.2 Å². The Bertz CT molecular complexity index is 2110. The highest BCUT2D eigenvalue weighted by molar-refractivity contribution is 6.41. The highest BCUT2D eigenvalue weighted by atomic mass is 35.5. The molecule has 10 nitrogen and oxygen atoms in total. The molecular weight excluding hydrogens is 757 g/mol. The van der Waals surface area contributed by atoms with Crippen molar-refractivity contribution >= 4 is 115 Å². The largest absolute Gasteiger partial charge is 0.504 e. The van der Waals surface area contributed by atoms with Crippen molar-refractivity contribution < 1.29 is 20.5 Å². The van der Waals surface area contributed by atoms with Crippen LogP contribution in [0.2, 0.25) is 30.1 Å². The Balaban J connectivity index is 0.000000166. The minimum atomic E-state index is -0.144. The number of nitrogens with one attached hydrogen (secondary N) is 1. The van der Waals surface area contributed by atoms with Gasteiger partial charge in [0, 0.05) is 36.0 Å². The number of hydrogen-bond donors (Lipinski definition) is 5. The molecule has 0 amide bonds. The van der Waals surface area contributed by atoms with Crippen LogP contribution in [0.25, 0.3) is 32.7 Å². The summed E-state index contributed by atoms with van der Waals surface area (Å²) < 4.78 is 0. The van der Waals surface area contributed by atoms with Gasteiger partial charge in [0.2, 0.25) is 0 Å². The van der Waals surface area contributed by atoms with E-state index in [4.69, 9.17) is 74.8 Å². The van der Waals surface area contributed by atoms with E-state index < -0.39 is 0 Å². The van der Waals surface area contributed by atoms with Gasteiger partial charge in [-0.2, -0.15) is 0 Å². The molecule has 3 aromatic heterocycles. The van der Waals surface area contributed by atoms with E-state index in [1.54, 1.807) is 37.5 Å². The van der Waals surface area contributed by atoms with E-state index >= 15 is 0 Å². The molecule has 0 saturated carbocycles. The summed E-state index contributed by atoms with van der Waals surface area (Å²) >= 11 is 35.4. The van der Waals surface area contributed by atoms with Crippen LogP contribution in [0, 0.1) is 0 Å². The van der Waals surface area contributed by atoms with Gasteiger partial charge in [0.25, 0.3) is 0 Å². The molecule has 6 aromatic rings. The molecule has 254 valence electrons. The van der Waals surface area contributed by atoms with E-state index in [1.807, 2.05) is 19.1 Å². The summed E-state index contributed by atoms with van der Waals surface area (Å²) in [5.41, 5.74) is 2.97. The topological polar surface area (TPSA) is 156 Å². The van der Waals surface area contributed by atoms with Gasteiger partial charge < -0.3 is 25.8 Å². The first kappa shape index (κ1) is 37.9. The second-order valence-corrected chi connectivity index (χ2v) is 12.4. The number of nitrogens with zero attached hydrogens (tertiary/aromatic N) is 5. The third kappa shape index (κ3) is 9.03. The summed E-state index contributed by atoms with van der Waals surface area (Å²) in [4.78, 5) is 16.5. The number of benzene rings is 3. The molecule has 0 atom stereocenters. The van der Waals surface area contributed by atoms with Gasteiger partial charge >= 0.3 is 0 Å². The Morgan fingerprint density at radius 3 is 1.43 bits per heavy atom. The molecule has 49 heavy (non-hydrogen) atoms. The Morgan fingerprint density at radius 2 is 1.02 bits per heavy atom. The maximum atomic E-state index is 9.86. The number of hydrogen-bond acceptors (Lipinski definition) is 10. The molecule has 0 radical (unpaired) electrons. The van der Waals surface area contributed by atoms with Gasteiger partial charge in [-0.15, -0.1) is 0 Å². The number of fused-ring (bicyclic) bond motifs is 3. The van der Waals surface area contributed by atoms with Crippen molar-refractivity contribution in [1.29, 1.82) is 0 Å². The molecule has 0 aliphatic carbocycles. The lowest BCUT2D eigenvalue weighted by Crippen LogP contribution is -2.12. The summed E-state index contributed by atoms with van der Waals surface area (Å²) in [6.07, 6.45) is 2.74. The van der Waals surface area contributed by atoms with Gasteiger partial charge in [-0.05, 0) is 61.1 Å². The molecular formula is C33H26Cl6N6O4. The van der Waals surface area contributed by atoms with Gasteiger partial charge in [-0.1, -0.05) is 81.7 Å². The van der Waals surface area contributed by atoms with Crippen molar-refractivity contribution in [2.45, 2.75) is 13.5 Å². The summed E-state index contributed by atoms with van der Waals surface area (Å²) in [7, 11) is 1.65. The second-order valence-electron chi connectivity index (χ2n) is 9.94. The number of phenolic OH excluding ortho intramolecular Hbond substituents is 3. The van der Waals surface area contributed by atoms with E-state index in [0.29, 0.717) is 60.2 Å². The molecule has 0 aliphatic heterocycles. The maximum Gasteiger partial charge on any atom is 0.160 e. The van der Waals surface area contributed by atoms with Crippen LogP contribution in [-0.2, 0) is 6.54 Å². The number of halogens is 6. The van der Waals surface area contributed by atoms with Crippen molar-refractivity contribution in [2.75, 3.05) is 13.6 Å². The van der Waals surface area contributed by atoms with Crippen molar-refractivity contribution in [3.8, 4) is 17.2 Å². The van der Waals surface area contributed by atoms with Crippen molar-refractivity contribution in [3.05, 3.63) is 102 Å². The SMILES string of the molecule is CCNCc1ccc2c(Cl)cc(Cl)c(O)c2n1.CN=Cc1ccc2c(Cl)cc(Cl)c(O)c2n1.O/N=C/c1ccc2c(Cl)cc(Cl)c(O)c2n1. The number of rotatable bonds is 5. The standard InChI is InChI=1S/C12H12Cl2N2O.C11H8Cl2N2O.C10H6Cl2N2O2/c1-2-15-6-7-3-4-8-9(13)5-10(14)12(17)11(8)16-7;1-14-5-6-2-3-7-8(12)4-9(13)11(16)10(7)15-6;11-7-3-8(12)10(15)9-6(7)2-1-5(14-9)4-13-16/h3-5,15,17H,2,6H2,1H3;2-5,16H,1H3;1-4,15-16H/b;;13-4+. The number of aromatic hydroxyl groups is 3. The number of oxime groups is 1. The Kier molecular flexibility index (Phi) is 13.3. The van der Waals surface area contributed by atoms with Crippen LogP contribution in [0.4, 0.5) is 0 Å². The van der Waals surface area contributed by atoms with Crippen LogP contribution in [0.5, 0.6) is 17.2 Å². The zero-order chi connectivity index (χ0) is 35.8. The van der Waals surface area contributed by atoms with Gasteiger partial charge in [-0.3, -0.25) is 4.99 Å². The third-order valence-electron chi connectivity index (χ3n) is 6.68. The summed E-state index contributed by atoms with van der Waals surface area (Å²) in [6, 6.07) is 15.0. The molecule has 16 heteroatoms. The first-order valence-electron chi connectivity index (χ1n) is 14.1. The first-order valence-corrected chi connectivity index (χ1v) is 16.4. The Morgan fingerprint density at radius 1 is 0.612 bits per heavy atom. The smallest absolute Gasteiger partial charge is 0.160 e. The summed E-state index contributed by atoms with van der Waals surface area (Å²) in [5, 5.41) is 47.6. The summed E-state index contributed by atoms with van der Waals surface area (Å²) in [5.74, 6) is -0.230. The molecule has 3 heterocycles. The van der Waals surface area contributed by atoms with Crippen LogP contribution < -0.4 is 5.32 Å². The van der Waals surface area contributed by atoms with Gasteiger partial charge in [-0.25, -0.2) is 15.0 Å². The predicted octanol–water partition coefficient (Wildman–Crippen LogP) is 9.71. The van der Waals surface area contributed by atoms with Crippen molar-refractivity contribution in [3.63, 3.8) is 0 Å². The average Bonchev–Trinajstić information content (AvgIpc) is 3.08. The average molecular weight is 783 g/mol. The van der Waals surface area contributed by atoms with E-state index in [1.165, 1.54) is 18.2 Å². The number of phenols is 3. The minimum absolute atomic E-state index is 0.0237. The van der Waals surface area contributed by atoms with E-state index in [0.717, 1.165) is 18.5 Å². The molecule has 5 N–H and O–H groups in total. The number of aliphatic imine (C=N–C) groups is 1. The lowest BCUT2D eigenvalue weighted by Gasteiger charge is -2.07. The monoisotopic (exact) mass is 780 g/mol. The van der Waals surface area contributed by atoms with Crippen LogP contribution in [-0.4, -0.2) is 61.5 Å².